The molecule has 4 rings (SSSR count). The number of nitrogens with one attached hydrogen (secondary N) is 1. The molecule has 7 nitrogen and oxygen atoms in total. The fourth-order valence-electron chi connectivity index (χ4n) is 3.42. The Morgan fingerprint density at radius 1 is 1.23 bits per heavy atom. The van der Waals surface area contributed by atoms with Crippen LogP contribution in [-0.4, -0.2) is 52.0 Å². The summed E-state index contributed by atoms with van der Waals surface area (Å²) in [7, 11) is 1.83. The summed E-state index contributed by atoms with van der Waals surface area (Å²) in [5.74, 6) is 0.714. The predicted octanol–water partition coefficient (Wildman–Crippen LogP) is 2.79. The van der Waals surface area contributed by atoms with Gasteiger partial charge in [-0.05, 0) is 17.7 Å². The lowest BCUT2D eigenvalue weighted by molar-refractivity contribution is 0.0927. The highest BCUT2D eigenvalue weighted by molar-refractivity contribution is 7.80. The number of aromatic nitrogens is 3. The number of thiocarbonyl (C=S) groups is 1. The summed E-state index contributed by atoms with van der Waals surface area (Å²) in [6.07, 6.45) is 0.449. The Bertz CT molecular complexity index is 1090. The van der Waals surface area contributed by atoms with Gasteiger partial charge >= 0.3 is 0 Å². The van der Waals surface area contributed by atoms with Gasteiger partial charge in [-0.2, -0.15) is 0 Å². The molecule has 0 spiro atoms. The molecule has 1 amide bonds. The van der Waals surface area contributed by atoms with Crippen molar-refractivity contribution in [3.05, 3.63) is 71.8 Å². The summed E-state index contributed by atoms with van der Waals surface area (Å²) in [4.78, 5) is 19.6. The first kappa shape index (κ1) is 20.9. The molecular weight excluding hydrogens is 417 g/mol. The fourth-order valence-corrected chi connectivity index (χ4v) is 3.64. The second-order valence-corrected chi connectivity index (χ2v) is 7.55. The van der Waals surface area contributed by atoms with Crippen molar-refractivity contribution in [1.82, 2.24) is 20.1 Å². The van der Waals surface area contributed by atoms with Crippen LogP contribution in [0.5, 0.6) is 5.75 Å². The number of anilines is 1. The van der Waals surface area contributed by atoms with Crippen LogP contribution in [0.2, 0.25) is 0 Å². The summed E-state index contributed by atoms with van der Waals surface area (Å²) in [6, 6.07) is 16.6. The molecule has 1 aliphatic rings. The molecule has 1 atom stereocenters. The van der Waals surface area contributed by atoms with Crippen LogP contribution in [0, 0.1) is 0 Å². The van der Waals surface area contributed by atoms with E-state index in [2.05, 4.69) is 15.4 Å². The molecule has 0 aliphatic carbocycles. The molecule has 3 aromatic rings. The van der Waals surface area contributed by atoms with Gasteiger partial charge < -0.3 is 15.0 Å². The highest BCUT2D eigenvalue weighted by Crippen LogP contribution is 2.30. The molecule has 0 saturated carbocycles. The van der Waals surface area contributed by atoms with Crippen molar-refractivity contribution in [1.29, 1.82) is 0 Å². The number of rotatable bonds is 6. The van der Waals surface area contributed by atoms with Crippen molar-refractivity contribution in [3.8, 4) is 5.75 Å². The van der Waals surface area contributed by atoms with E-state index >= 15 is 0 Å². The highest BCUT2D eigenvalue weighted by atomic mass is 32.1. The van der Waals surface area contributed by atoms with Crippen LogP contribution in [0.3, 0.4) is 0 Å². The maximum atomic E-state index is 13.0. The molecule has 2 heterocycles. The lowest BCUT2D eigenvalue weighted by Crippen LogP contribution is -2.48. The van der Waals surface area contributed by atoms with Crippen LogP contribution in [-0.2, 0) is 13.0 Å². The van der Waals surface area contributed by atoms with Gasteiger partial charge in [-0.25, -0.2) is 14.1 Å². The topological polar surface area (TPSA) is 72.3 Å². The van der Waals surface area contributed by atoms with Gasteiger partial charge in [0.2, 0.25) is 5.82 Å². The third-order valence-corrected chi connectivity index (χ3v) is 5.58. The van der Waals surface area contributed by atoms with Crippen molar-refractivity contribution in [2.24, 2.45) is 0 Å². The number of para-hydroxylation sites is 2. The van der Waals surface area contributed by atoms with E-state index in [9.17, 15) is 9.18 Å². The number of hydrogen-bond donors (Lipinski definition) is 1. The van der Waals surface area contributed by atoms with E-state index < -0.39 is 18.6 Å². The van der Waals surface area contributed by atoms with Gasteiger partial charge in [-0.15, -0.1) is 5.10 Å². The molecule has 1 aliphatic heterocycles. The van der Waals surface area contributed by atoms with Gasteiger partial charge in [-0.1, -0.05) is 54.7 Å². The molecule has 31 heavy (non-hydrogen) atoms. The first-order valence-corrected chi connectivity index (χ1v) is 10.3. The fraction of sp³-hybridized carbons (Fsp3) is 0.273. The SMILES string of the molecule is CN1C(=S)[C@@H](NC(=O)c2nc(Cc3ccccc3)n(CCF)n2)COc2ccccc21. The third kappa shape index (κ3) is 4.56. The minimum absolute atomic E-state index is 0.0217. The zero-order chi connectivity index (χ0) is 21.8. The average Bonchev–Trinajstić information content (AvgIpc) is 3.14. The Hall–Kier alpha value is -3.33. The van der Waals surface area contributed by atoms with Gasteiger partial charge in [0.15, 0.2) is 0 Å². The summed E-state index contributed by atoms with van der Waals surface area (Å²) < 4.78 is 20.3. The molecule has 0 fully saturated rings. The van der Waals surface area contributed by atoms with Gasteiger partial charge in [0.25, 0.3) is 5.91 Å². The molecule has 0 saturated heterocycles. The number of amides is 1. The summed E-state index contributed by atoms with van der Waals surface area (Å²) in [5.41, 5.74) is 1.83. The number of ether oxygens (including phenoxy) is 1. The first-order valence-electron chi connectivity index (χ1n) is 9.90. The van der Waals surface area contributed by atoms with Crippen LogP contribution < -0.4 is 15.0 Å². The summed E-state index contributed by atoms with van der Waals surface area (Å²) in [5, 5.41) is 7.08. The number of nitrogens with zero attached hydrogens (tertiary/aromatic N) is 4. The number of benzene rings is 2. The second-order valence-electron chi connectivity index (χ2n) is 7.13. The van der Waals surface area contributed by atoms with E-state index in [4.69, 9.17) is 17.0 Å². The number of likely N-dealkylation sites (N-methyl/N-ethyl adjacent to an activating group) is 1. The summed E-state index contributed by atoms with van der Waals surface area (Å²) >= 11 is 5.58. The lowest BCUT2D eigenvalue weighted by atomic mass is 10.1. The number of fused-ring (bicyclic) bond motifs is 1. The standard InChI is InChI=1S/C22H22FN5O2S/c1-27-17-9-5-6-10-18(17)30-14-16(22(27)31)24-21(29)20-25-19(28(26-20)12-11-23)13-15-7-3-2-4-8-15/h2-10,16H,11-14H2,1H3,(H,24,29)/t16-/m0/s1. The van der Waals surface area contributed by atoms with Crippen molar-refractivity contribution >= 4 is 28.8 Å². The molecule has 0 radical (unpaired) electrons. The first-order chi connectivity index (χ1) is 15.1. The molecule has 160 valence electrons. The number of carbonyl (C=O) groups is 1. The minimum Gasteiger partial charge on any atom is -0.489 e. The van der Waals surface area contributed by atoms with E-state index in [1.807, 2.05) is 66.5 Å². The van der Waals surface area contributed by atoms with E-state index in [-0.39, 0.29) is 19.0 Å². The maximum Gasteiger partial charge on any atom is 0.291 e. The average molecular weight is 440 g/mol. The van der Waals surface area contributed by atoms with E-state index in [1.54, 1.807) is 0 Å². The van der Waals surface area contributed by atoms with Crippen LogP contribution in [0.25, 0.3) is 0 Å². The van der Waals surface area contributed by atoms with Crippen molar-refractivity contribution in [2.45, 2.75) is 19.0 Å². The van der Waals surface area contributed by atoms with Gasteiger partial charge in [0, 0.05) is 13.5 Å². The maximum absolute atomic E-state index is 13.0. The number of hydrogen-bond acceptors (Lipinski definition) is 5. The normalized spacial score (nSPS) is 15.7. The predicted molar refractivity (Wildman–Crippen MR) is 119 cm³/mol. The highest BCUT2D eigenvalue weighted by Gasteiger charge is 2.29. The zero-order valence-corrected chi connectivity index (χ0v) is 17.8. The number of carbonyl (C=O) groups excluding carboxylic acids is 1. The van der Waals surface area contributed by atoms with E-state index in [0.29, 0.717) is 23.0 Å². The number of alkyl halides is 1. The Kier molecular flexibility index (Phi) is 6.22. The Balaban J connectivity index is 1.52. The Morgan fingerprint density at radius 2 is 1.97 bits per heavy atom. The molecule has 1 N–H and O–H groups in total. The van der Waals surface area contributed by atoms with Crippen molar-refractivity contribution < 1.29 is 13.9 Å². The molecule has 9 heteroatoms. The Labute approximate surface area is 184 Å². The molecule has 1 aromatic heterocycles. The van der Waals surface area contributed by atoms with Gasteiger partial charge in [-0.3, -0.25) is 4.79 Å². The second kappa shape index (κ2) is 9.22. The monoisotopic (exact) mass is 439 g/mol. The van der Waals surface area contributed by atoms with Crippen molar-refractivity contribution in [3.63, 3.8) is 0 Å². The molecule has 2 aromatic carbocycles. The lowest BCUT2D eigenvalue weighted by Gasteiger charge is -2.23. The van der Waals surface area contributed by atoms with Gasteiger partial charge in [0.1, 0.15) is 35.9 Å². The van der Waals surface area contributed by atoms with Crippen molar-refractivity contribution in [2.75, 3.05) is 25.2 Å². The van der Waals surface area contributed by atoms with Crippen LogP contribution in [0.1, 0.15) is 22.0 Å². The Morgan fingerprint density at radius 3 is 2.74 bits per heavy atom. The summed E-state index contributed by atoms with van der Waals surface area (Å²) in [6.45, 7) is -0.380. The molecular formula is C22H22FN5O2S. The molecule has 0 unspecified atom stereocenters. The third-order valence-electron chi connectivity index (χ3n) is 5.02. The number of aryl methyl sites for hydroxylation is 1. The quantitative estimate of drug-likeness (QED) is 0.596. The minimum atomic E-state index is -0.601. The van der Waals surface area contributed by atoms with Crippen LogP contribution in [0.4, 0.5) is 10.1 Å². The zero-order valence-electron chi connectivity index (χ0n) is 17.0. The molecule has 0 bridgehead atoms. The van der Waals surface area contributed by atoms with E-state index in [1.165, 1.54) is 4.68 Å². The van der Waals surface area contributed by atoms with E-state index in [0.717, 1.165) is 11.3 Å². The largest absolute Gasteiger partial charge is 0.489 e. The van der Waals surface area contributed by atoms with Gasteiger partial charge in [0.05, 0.1) is 12.2 Å². The van der Waals surface area contributed by atoms with Crippen LogP contribution in [0.15, 0.2) is 54.6 Å². The number of halogens is 1. The smallest absolute Gasteiger partial charge is 0.291 e. The van der Waals surface area contributed by atoms with Crippen LogP contribution >= 0.6 is 12.2 Å².